The number of likely N-dealkylation sites (N-methyl/N-ethyl adjacent to an activating group) is 1. The van der Waals surface area contributed by atoms with Crippen LogP contribution in [0.15, 0.2) is 36.7 Å². The maximum Gasteiger partial charge on any atom is 0.239 e. The van der Waals surface area contributed by atoms with Gasteiger partial charge in [-0.1, -0.05) is 23.7 Å². The summed E-state index contributed by atoms with van der Waals surface area (Å²) in [6, 6.07) is 7.64. The molecule has 1 N–H and O–H groups in total. The van der Waals surface area contributed by atoms with Crippen molar-refractivity contribution >= 4 is 17.5 Å². The number of hydrogen-bond donors (Lipinski definition) is 1. The number of halogens is 1. The molecule has 1 aromatic carbocycles. The van der Waals surface area contributed by atoms with Gasteiger partial charge in [0.15, 0.2) is 0 Å². The minimum atomic E-state index is -0.0413. The van der Waals surface area contributed by atoms with Gasteiger partial charge in [-0.05, 0) is 17.7 Å². The summed E-state index contributed by atoms with van der Waals surface area (Å²) in [4.78, 5) is 15.6. The van der Waals surface area contributed by atoms with E-state index >= 15 is 0 Å². The smallest absolute Gasteiger partial charge is 0.239 e. The van der Waals surface area contributed by atoms with Crippen LogP contribution in [-0.2, 0) is 17.8 Å². The van der Waals surface area contributed by atoms with Gasteiger partial charge in [-0.2, -0.15) is 0 Å². The molecule has 0 saturated carbocycles. The normalized spacial score (nSPS) is 10.3. The zero-order valence-corrected chi connectivity index (χ0v) is 10.8. The standard InChI is InChI=1S/C13H14ClN3O/c1-15-13(18)9-17-6-5-16-12(17)8-10-3-2-4-11(14)7-10/h2-7H,8-9H2,1H3,(H,15,18). The van der Waals surface area contributed by atoms with Crippen LogP contribution in [0.1, 0.15) is 11.4 Å². The van der Waals surface area contributed by atoms with Crippen molar-refractivity contribution in [1.29, 1.82) is 0 Å². The fourth-order valence-corrected chi connectivity index (χ4v) is 1.93. The van der Waals surface area contributed by atoms with Crippen LogP contribution in [-0.4, -0.2) is 22.5 Å². The number of imidazole rings is 1. The van der Waals surface area contributed by atoms with Gasteiger partial charge in [-0.25, -0.2) is 4.98 Å². The predicted octanol–water partition coefficient (Wildman–Crippen LogP) is 1.87. The van der Waals surface area contributed by atoms with Crippen LogP contribution in [0.3, 0.4) is 0 Å². The highest BCUT2D eigenvalue weighted by Gasteiger charge is 2.07. The molecule has 0 bridgehead atoms. The number of nitrogens with one attached hydrogen (secondary N) is 1. The van der Waals surface area contributed by atoms with Gasteiger partial charge in [0.25, 0.3) is 0 Å². The third-order valence-corrected chi connectivity index (χ3v) is 2.88. The summed E-state index contributed by atoms with van der Waals surface area (Å²) in [5.74, 6) is 0.807. The molecule has 1 aromatic heterocycles. The van der Waals surface area contributed by atoms with Crippen LogP contribution in [0.5, 0.6) is 0 Å². The molecular weight excluding hydrogens is 250 g/mol. The van der Waals surface area contributed by atoms with Crippen LogP contribution in [0.4, 0.5) is 0 Å². The lowest BCUT2D eigenvalue weighted by Gasteiger charge is -2.07. The van der Waals surface area contributed by atoms with Crippen LogP contribution in [0.25, 0.3) is 0 Å². The number of carbonyl (C=O) groups is 1. The van der Waals surface area contributed by atoms with Gasteiger partial charge in [-0.15, -0.1) is 0 Å². The highest BCUT2D eigenvalue weighted by Crippen LogP contribution is 2.14. The molecule has 18 heavy (non-hydrogen) atoms. The van der Waals surface area contributed by atoms with Gasteiger partial charge in [-0.3, -0.25) is 4.79 Å². The van der Waals surface area contributed by atoms with E-state index < -0.39 is 0 Å². The van der Waals surface area contributed by atoms with Gasteiger partial charge >= 0.3 is 0 Å². The Balaban J connectivity index is 2.15. The Bertz CT molecular complexity index is 551. The second-order valence-corrected chi connectivity index (χ2v) is 4.39. The van der Waals surface area contributed by atoms with Gasteiger partial charge in [0.05, 0.1) is 0 Å². The lowest BCUT2D eigenvalue weighted by molar-refractivity contribution is -0.121. The molecule has 1 amide bonds. The molecule has 0 spiro atoms. The average molecular weight is 264 g/mol. The van der Waals surface area contributed by atoms with E-state index in [9.17, 15) is 4.79 Å². The Morgan fingerprint density at radius 1 is 1.50 bits per heavy atom. The number of benzene rings is 1. The third kappa shape index (κ3) is 3.11. The topological polar surface area (TPSA) is 46.9 Å². The SMILES string of the molecule is CNC(=O)Cn1ccnc1Cc1cccc(Cl)c1. The molecule has 0 aliphatic carbocycles. The molecule has 2 aromatic rings. The first-order valence-corrected chi connectivity index (χ1v) is 6.02. The van der Waals surface area contributed by atoms with E-state index in [-0.39, 0.29) is 12.5 Å². The average Bonchev–Trinajstić information content (AvgIpc) is 2.76. The van der Waals surface area contributed by atoms with Crippen LogP contribution in [0, 0.1) is 0 Å². The maximum absolute atomic E-state index is 11.4. The molecule has 0 aliphatic rings. The molecule has 0 aliphatic heterocycles. The van der Waals surface area contributed by atoms with Crippen molar-refractivity contribution in [1.82, 2.24) is 14.9 Å². The van der Waals surface area contributed by atoms with Gasteiger partial charge in [0.1, 0.15) is 12.4 Å². The third-order valence-electron chi connectivity index (χ3n) is 2.65. The summed E-state index contributed by atoms with van der Waals surface area (Å²) in [5, 5.41) is 3.30. The van der Waals surface area contributed by atoms with Crippen molar-refractivity contribution < 1.29 is 4.79 Å². The highest BCUT2D eigenvalue weighted by molar-refractivity contribution is 6.30. The Labute approximate surface area is 111 Å². The van der Waals surface area contributed by atoms with Crippen molar-refractivity contribution in [2.45, 2.75) is 13.0 Å². The molecule has 0 radical (unpaired) electrons. The number of amides is 1. The van der Waals surface area contributed by atoms with Crippen LogP contribution >= 0.6 is 11.6 Å². The van der Waals surface area contributed by atoms with Crippen LogP contribution in [0.2, 0.25) is 5.02 Å². The summed E-state index contributed by atoms with van der Waals surface area (Å²) >= 11 is 5.94. The Hall–Kier alpha value is -1.81. The molecular formula is C13H14ClN3O. The Morgan fingerprint density at radius 2 is 2.33 bits per heavy atom. The first kappa shape index (κ1) is 12.6. The van der Waals surface area contributed by atoms with Crippen molar-refractivity contribution in [2.75, 3.05) is 7.05 Å². The molecule has 5 heteroatoms. The summed E-state index contributed by atoms with van der Waals surface area (Å²) in [7, 11) is 1.62. The quantitative estimate of drug-likeness (QED) is 0.916. The fourth-order valence-electron chi connectivity index (χ4n) is 1.71. The summed E-state index contributed by atoms with van der Waals surface area (Å²) < 4.78 is 1.83. The summed E-state index contributed by atoms with van der Waals surface area (Å²) in [6.45, 7) is 0.284. The molecule has 0 unspecified atom stereocenters. The number of aromatic nitrogens is 2. The Kier molecular flexibility index (Phi) is 3.99. The van der Waals surface area contributed by atoms with E-state index in [1.165, 1.54) is 0 Å². The molecule has 4 nitrogen and oxygen atoms in total. The van der Waals surface area contributed by atoms with Crippen molar-refractivity contribution in [3.8, 4) is 0 Å². The molecule has 1 heterocycles. The molecule has 94 valence electrons. The summed E-state index contributed by atoms with van der Waals surface area (Å²) in [5.41, 5.74) is 1.08. The molecule has 0 atom stereocenters. The minimum Gasteiger partial charge on any atom is -0.358 e. The van der Waals surface area contributed by atoms with Gasteiger partial charge in [0.2, 0.25) is 5.91 Å². The zero-order chi connectivity index (χ0) is 13.0. The molecule has 0 fully saturated rings. The number of rotatable bonds is 4. The van der Waals surface area contributed by atoms with Gasteiger partial charge < -0.3 is 9.88 Å². The first-order valence-electron chi connectivity index (χ1n) is 5.64. The van der Waals surface area contributed by atoms with E-state index in [0.717, 1.165) is 11.4 Å². The molecule has 0 saturated heterocycles. The highest BCUT2D eigenvalue weighted by atomic mass is 35.5. The number of carbonyl (C=O) groups excluding carboxylic acids is 1. The van der Waals surface area contributed by atoms with Gasteiger partial charge in [0, 0.05) is 30.9 Å². The van der Waals surface area contributed by atoms with Crippen LogP contribution < -0.4 is 5.32 Å². The number of hydrogen-bond acceptors (Lipinski definition) is 2. The van der Waals surface area contributed by atoms with Crippen molar-refractivity contribution in [3.05, 3.63) is 53.1 Å². The van der Waals surface area contributed by atoms with Crippen molar-refractivity contribution in [2.24, 2.45) is 0 Å². The monoisotopic (exact) mass is 263 g/mol. The second-order valence-electron chi connectivity index (χ2n) is 3.95. The van der Waals surface area contributed by atoms with E-state index in [0.29, 0.717) is 11.4 Å². The van der Waals surface area contributed by atoms with E-state index in [1.54, 1.807) is 19.4 Å². The van der Waals surface area contributed by atoms with E-state index in [4.69, 9.17) is 11.6 Å². The largest absolute Gasteiger partial charge is 0.358 e. The first-order chi connectivity index (χ1) is 8.69. The zero-order valence-electron chi connectivity index (χ0n) is 10.1. The minimum absolute atomic E-state index is 0.0413. The second kappa shape index (κ2) is 5.69. The summed E-state index contributed by atoms with van der Waals surface area (Å²) in [6.07, 6.45) is 4.16. The van der Waals surface area contributed by atoms with E-state index in [1.807, 2.05) is 28.8 Å². The van der Waals surface area contributed by atoms with Crippen molar-refractivity contribution in [3.63, 3.8) is 0 Å². The predicted molar refractivity (Wildman–Crippen MR) is 70.6 cm³/mol. The fraction of sp³-hybridized carbons (Fsp3) is 0.231. The number of nitrogens with zero attached hydrogens (tertiary/aromatic N) is 2. The lowest BCUT2D eigenvalue weighted by Crippen LogP contribution is -2.24. The molecule has 2 rings (SSSR count). The lowest BCUT2D eigenvalue weighted by atomic mass is 10.1. The van der Waals surface area contributed by atoms with E-state index in [2.05, 4.69) is 10.3 Å². The maximum atomic E-state index is 11.4. The Morgan fingerprint density at radius 3 is 3.06 bits per heavy atom.